The van der Waals surface area contributed by atoms with E-state index in [1.54, 1.807) is 4.90 Å². The van der Waals surface area contributed by atoms with Crippen molar-refractivity contribution in [2.24, 2.45) is 0 Å². The number of hydrogen-bond acceptors (Lipinski definition) is 2. The van der Waals surface area contributed by atoms with E-state index in [-0.39, 0.29) is 0 Å². The quantitative estimate of drug-likeness (QED) is 0.875. The molecular weight excluding hydrogens is 343 g/mol. The first kappa shape index (κ1) is 17.4. The van der Waals surface area contributed by atoms with Crippen molar-refractivity contribution in [1.82, 2.24) is 0 Å². The molecule has 3 rings (SSSR count). The second-order valence-electron chi connectivity index (χ2n) is 6.05. The van der Waals surface area contributed by atoms with Crippen LogP contribution in [0.1, 0.15) is 12.5 Å². The van der Waals surface area contributed by atoms with Crippen LogP contribution in [0, 0.1) is 0 Å². The summed E-state index contributed by atoms with van der Waals surface area (Å²) in [5.74, 6) is 0.976. The van der Waals surface area contributed by atoms with Crippen LogP contribution < -0.4 is 14.5 Å². The second-order valence-corrected chi connectivity index (χ2v) is 6.89. The molecule has 0 aliphatic carbocycles. The number of quaternary nitrogens is 1. The Hall–Kier alpha value is -1.42. The Bertz CT molecular complexity index is 685. The summed E-state index contributed by atoms with van der Waals surface area (Å²) in [5, 5.41) is 1.45. The van der Waals surface area contributed by atoms with Crippen LogP contribution in [-0.4, -0.2) is 32.8 Å². The monoisotopic (exact) mass is 365 g/mol. The van der Waals surface area contributed by atoms with E-state index in [4.69, 9.17) is 27.9 Å². The van der Waals surface area contributed by atoms with Gasteiger partial charge >= 0.3 is 0 Å². The standard InChI is InChI=1S/C19H22Cl2N2O/c1-2-24-19-6-4-3-5-18(19)23-11-9-22(10-12-23)14-15-7-8-16(20)13-17(15)21/h3-8,13H,2,9-12,14H2,1H3/p+1. The fourth-order valence-electron chi connectivity index (χ4n) is 3.17. The summed E-state index contributed by atoms with van der Waals surface area (Å²) >= 11 is 12.3. The summed E-state index contributed by atoms with van der Waals surface area (Å²) in [7, 11) is 0. The molecule has 0 radical (unpaired) electrons. The van der Waals surface area contributed by atoms with Crippen molar-refractivity contribution in [2.45, 2.75) is 13.5 Å². The largest absolute Gasteiger partial charge is 0.492 e. The Balaban J connectivity index is 1.62. The number of nitrogens with one attached hydrogen (secondary N) is 1. The van der Waals surface area contributed by atoms with Crippen LogP contribution in [0.5, 0.6) is 5.75 Å². The highest BCUT2D eigenvalue weighted by Gasteiger charge is 2.22. The number of benzene rings is 2. The Kier molecular flexibility index (Phi) is 5.88. The van der Waals surface area contributed by atoms with Gasteiger partial charge in [0.25, 0.3) is 0 Å². The molecule has 0 aromatic heterocycles. The van der Waals surface area contributed by atoms with Gasteiger partial charge in [-0.3, -0.25) is 0 Å². The van der Waals surface area contributed by atoms with Crippen LogP contribution in [-0.2, 0) is 6.54 Å². The van der Waals surface area contributed by atoms with Gasteiger partial charge in [0.15, 0.2) is 0 Å². The van der Waals surface area contributed by atoms with Crippen molar-refractivity contribution in [3.8, 4) is 5.75 Å². The van der Waals surface area contributed by atoms with Crippen LogP contribution in [0.25, 0.3) is 0 Å². The van der Waals surface area contributed by atoms with E-state index in [9.17, 15) is 0 Å². The molecule has 5 heteroatoms. The zero-order valence-corrected chi connectivity index (χ0v) is 15.4. The van der Waals surface area contributed by atoms with Gasteiger partial charge in [-0.1, -0.05) is 41.4 Å². The summed E-state index contributed by atoms with van der Waals surface area (Å²) in [6, 6.07) is 14.1. The maximum absolute atomic E-state index is 6.30. The number of para-hydroxylation sites is 2. The predicted molar refractivity (Wildman–Crippen MR) is 101 cm³/mol. The van der Waals surface area contributed by atoms with E-state index in [0.29, 0.717) is 11.6 Å². The fraction of sp³-hybridized carbons (Fsp3) is 0.368. The summed E-state index contributed by atoms with van der Waals surface area (Å²) in [6.45, 7) is 7.86. The first-order valence-corrected chi connectivity index (χ1v) is 9.17. The van der Waals surface area contributed by atoms with Gasteiger partial charge in [-0.15, -0.1) is 0 Å². The number of hydrogen-bond donors (Lipinski definition) is 1. The van der Waals surface area contributed by atoms with Gasteiger partial charge in [-0.25, -0.2) is 0 Å². The maximum Gasteiger partial charge on any atom is 0.142 e. The summed E-state index contributed by atoms with van der Waals surface area (Å²) in [5.41, 5.74) is 2.36. The number of piperazine rings is 1. The molecule has 2 aromatic rings. The molecule has 1 aliphatic rings. The summed E-state index contributed by atoms with van der Waals surface area (Å²) in [4.78, 5) is 3.96. The fourth-order valence-corrected chi connectivity index (χ4v) is 3.65. The Labute approximate surface area is 153 Å². The Morgan fingerprint density at radius 2 is 1.83 bits per heavy atom. The third kappa shape index (κ3) is 4.15. The summed E-state index contributed by atoms with van der Waals surface area (Å²) in [6.07, 6.45) is 0. The highest BCUT2D eigenvalue weighted by atomic mass is 35.5. The number of halogens is 2. The first-order valence-electron chi connectivity index (χ1n) is 8.41. The zero-order valence-electron chi connectivity index (χ0n) is 13.9. The maximum atomic E-state index is 6.30. The molecule has 128 valence electrons. The smallest absolute Gasteiger partial charge is 0.142 e. The third-order valence-electron chi connectivity index (χ3n) is 4.43. The highest BCUT2D eigenvalue weighted by Crippen LogP contribution is 2.28. The van der Waals surface area contributed by atoms with Crippen molar-refractivity contribution >= 4 is 28.9 Å². The molecule has 1 fully saturated rings. The Morgan fingerprint density at radius 1 is 1.08 bits per heavy atom. The van der Waals surface area contributed by atoms with Crippen molar-refractivity contribution < 1.29 is 9.64 Å². The van der Waals surface area contributed by atoms with Gasteiger partial charge in [0.2, 0.25) is 0 Å². The molecule has 1 N–H and O–H groups in total. The topological polar surface area (TPSA) is 16.9 Å². The van der Waals surface area contributed by atoms with E-state index in [0.717, 1.165) is 43.5 Å². The minimum Gasteiger partial charge on any atom is -0.492 e. The number of rotatable bonds is 5. The molecule has 2 aromatic carbocycles. The van der Waals surface area contributed by atoms with Gasteiger partial charge in [0, 0.05) is 10.6 Å². The van der Waals surface area contributed by atoms with Crippen LogP contribution >= 0.6 is 23.2 Å². The van der Waals surface area contributed by atoms with Crippen LogP contribution in [0.3, 0.4) is 0 Å². The molecule has 0 bridgehead atoms. The van der Waals surface area contributed by atoms with Crippen LogP contribution in [0.4, 0.5) is 5.69 Å². The highest BCUT2D eigenvalue weighted by molar-refractivity contribution is 6.35. The average Bonchev–Trinajstić information content (AvgIpc) is 2.59. The van der Waals surface area contributed by atoms with Crippen molar-refractivity contribution in [3.63, 3.8) is 0 Å². The molecule has 0 unspecified atom stereocenters. The SMILES string of the molecule is CCOc1ccccc1N1CC[NH+](Cc2ccc(Cl)cc2Cl)CC1. The molecule has 24 heavy (non-hydrogen) atoms. The lowest BCUT2D eigenvalue weighted by Crippen LogP contribution is -3.13. The minimum absolute atomic E-state index is 0.691. The Morgan fingerprint density at radius 3 is 2.54 bits per heavy atom. The second kappa shape index (κ2) is 8.11. The molecule has 3 nitrogen and oxygen atoms in total. The van der Waals surface area contributed by atoms with Gasteiger partial charge in [0.1, 0.15) is 12.3 Å². The predicted octanol–water partition coefficient (Wildman–Crippen LogP) is 3.30. The van der Waals surface area contributed by atoms with Crippen molar-refractivity contribution in [2.75, 3.05) is 37.7 Å². The lowest BCUT2D eigenvalue weighted by Gasteiger charge is -2.34. The van der Waals surface area contributed by atoms with Gasteiger partial charge in [0.05, 0.1) is 43.5 Å². The molecular formula is C19H23Cl2N2O+. The molecule has 0 atom stereocenters. The molecule has 1 saturated heterocycles. The molecule has 1 aliphatic heterocycles. The molecule has 0 saturated carbocycles. The van der Waals surface area contributed by atoms with E-state index < -0.39 is 0 Å². The van der Waals surface area contributed by atoms with Crippen molar-refractivity contribution in [3.05, 3.63) is 58.1 Å². The van der Waals surface area contributed by atoms with E-state index >= 15 is 0 Å². The molecule has 1 heterocycles. The van der Waals surface area contributed by atoms with E-state index in [2.05, 4.69) is 17.0 Å². The number of nitrogens with zero attached hydrogens (tertiary/aromatic N) is 1. The minimum atomic E-state index is 0.691. The summed E-state index contributed by atoms with van der Waals surface area (Å²) < 4.78 is 5.76. The van der Waals surface area contributed by atoms with Crippen molar-refractivity contribution in [1.29, 1.82) is 0 Å². The molecule has 0 spiro atoms. The number of ether oxygens (including phenoxy) is 1. The number of anilines is 1. The van der Waals surface area contributed by atoms with Crippen LogP contribution in [0.2, 0.25) is 10.0 Å². The first-order chi connectivity index (χ1) is 11.7. The normalized spacial score (nSPS) is 15.5. The molecule has 0 amide bonds. The van der Waals surface area contributed by atoms with Gasteiger partial charge < -0.3 is 14.5 Å². The van der Waals surface area contributed by atoms with Gasteiger partial charge in [-0.05, 0) is 31.2 Å². The van der Waals surface area contributed by atoms with Gasteiger partial charge in [-0.2, -0.15) is 0 Å². The zero-order chi connectivity index (χ0) is 16.9. The average molecular weight is 366 g/mol. The van der Waals surface area contributed by atoms with E-state index in [1.807, 2.05) is 37.3 Å². The van der Waals surface area contributed by atoms with Crippen LogP contribution in [0.15, 0.2) is 42.5 Å². The lowest BCUT2D eigenvalue weighted by atomic mass is 10.2. The van der Waals surface area contributed by atoms with E-state index in [1.165, 1.54) is 11.3 Å². The lowest BCUT2D eigenvalue weighted by molar-refractivity contribution is -0.914. The third-order valence-corrected chi connectivity index (χ3v) is 5.02.